The second-order valence-corrected chi connectivity index (χ2v) is 9.99. The van der Waals surface area contributed by atoms with Crippen LogP contribution >= 0.6 is 0 Å². The number of aromatic nitrogens is 3. The average molecular weight is 450 g/mol. The lowest BCUT2D eigenvalue weighted by Crippen LogP contribution is -2.58. The molecule has 8 heteroatoms. The lowest BCUT2D eigenvalue weighted by molar-refractivity contribution is 0.207. The number of hydrogen-bond donors (Lipinski definition) is 3. The fraction of sp³-hybridized carbons (Fsp3) is 0.400. The third kappa shape index (κ3) is 3.99. The van der Waals surface area contributed by atoms with Crippen molar-refractivity contribution in [3.8, 4) is 28.1 Å². The van der Waals surface area contributed by atoms with Crippen molar-refractivity contribution in [2.24, 2.45) is 0 Å². The summed E-state index contributed by atoms with van der Waals surface area (Å²) in [5.74, 6) is 0.0678. The Bertz CT molecular complexity index is 1240. The number of fused-ring (bicyclic) bond motifs is 2. The molecule has 2 saturated heterocycles. The summed E-state index contributed by atoms with van der Waals surface area (Å²) in [7, 11) is 2.04. The molecule has 4 heterocycles. The van der Waals surface area contributed by atoms with Crippen LogP contribution in [0.4, 0.5) is 10.2 Å². The smallest absolute Gasteiger partial charge is 0.248 e. The lowest BCUT2D eigenvalue weighted by Gasteiger charge is -2.45. The lowest BCUT2D eigenvalue weighted by atomic mass is 9.84. The van der Waals surface area contributed by atoms with E-state index in [4.69, 9.17) is 0 Å². The van der Waals surface area contributed by atoms with Gasteiger partial charge in [0.25, 0.3) is 0 Å². The van der Waals surface area contributed by atoms with Crippen molar-refractivity contribution in [3.63, 3.8) is 0 Å². The molecule has 7 nitrogen and oxygen atoms in total. The SMILES string of the molecule is CN(c1ccc(-c2cc(F)c(-c3cc[nH]c(=O)c3)cc2O)nn1)C1C[C@]2(C)CC[C@](C)(C1)N2. The summed E-state index contributed by atoms with van der Waals surface area (Å²) in [4.78, 5) is 16.2. The first kappa shape index (κ1) is 21.6. The summed E-state index contributed by atoms with van der Waals surface area (Å²) in [6, 6.07) is 9.37. The van der Waals surface area contributed by atoms with E-state index in [1.54, 1.807) is 12.1 Å². The van der Waals surface area contributed by atoms with Crippen molar-refractivity contribution in [3.05, 3.63) is 58.8 Å². The Kier molecular flexibility index (Phi) is 5.01. The molecule has 0 saturated carbocycles. The molecule has 0 spiro atoms. The Morgan fingerprint density at radius 3 is 2.42 bits per heavy atom. The van der Waals surface area contributed by atoms with E-state index in [0.29, 0.717) is 17.3 Å². The number of aromatic amines is 1. The largest absolute Gasteiger partial charge is 0.507 e. The highest BCUT2D eigenvalue weighted by atomic mass is 19.1. The van der Waals surface area contributed by atoms with Crippen molar-refractivity contribution >= 4 is 5.82 Å². The van der Waals surface area contributed by atoms with E-state index >= 15 is 0 Å². The molecule has 2 aliphatic rings. The number of benzene rings is 1. The van der Waals surface area contributed by atoms with Crippen LogP contribution in [0.5, 0.6) is 5.75 Å². The molecule has 5 rings (SSSR count). The predicted molar refractivity (Wildman–Crippen MR) is 126 cm³/mol. The average Bonchev–Trinajstić information content (AvgIpc) is 3.01. The van der Waals surface area contributed by atoms with Gasteiger partial charge in [0.1, 0.15) is 11.6 Å². The maximum atomic E-state index is 14.8. The normalized spacial score (nSPS) is 26.4. The molecule has 172 valence electrons. The summed E-state index contributed by atoms with van der Waals surface area (Å²) in [6.45, 7) is 4.58. The van der Waals surface area contributed by atoms with E-state index in [-0.39, 0.29) is 33.5 Å². The third-order valence-corrected chi connectivity index (χ3v) is 7.21. The van der Waals surface area contributed by atoms with E-state index in [9.17, 15) is 14.3 Å². The van der Waals surface area contributed by atoms with Gasteiger partial charge >= 0.3 is 0 Å². The summed E-state index contributed by atoms with van der Waals surface area (Å²) < 4.78 is 14.8. The number of aromatic hydroxyl groups is 1. The number of halogens is 1. The number of hydrogen-bond acceptors (Lipinski definition) is 6. The minimum atomic E-state index is -0.553. The zero-order valence-electron chi connectivity index (χ0n) is 19.0. The first-order chi connectivity index (χ1) is 15.6. The van der Waals surface area contributed by atoms with Gasteiger partial charge in [0.05, 0.1) is 5.69 Å². The quantitative estimate of drug-likeness (QED) is 0.560. The molecule has 3 aromatic rings. The molecule has 0 aliphatic carbocycles. The molecule has 2 aromatic heterocycles. The molecule has 1 aromatic carbocycles. The van der Waals surface area contributed by atoms with Crippen LogP contribution in [-0.4, -0.2) is 44.5 Å². The van der Waals surface area contributed by atoms with Crippen molar-refractivity contribution in [1.29, 1.82) is 0 Å². The van der Waals surface area contributed by atoms with Gasteiger partial charge in [0.2, 0.25) is 5.56 Å². The number of anilines is 1. The van der Waals surface area contributed by atoms with Gasteiger partial charge in [-0.2, -0.15) is 0 Å². The summed E-state index contributed by atoms with van der Waals surface area (Å²) in [5, 5.41) is 23.0. The van der Waals surface area contributed by atoms with Crippen LogP contribution in [0.2, 0.25) is 0 Å². The standard InChI is InChI=1S/C25H28FN5O2/c1-24-7-8-25(2,30-24)14-16(13-24)31(3)22-5-4-20(28-29-22)18-11-19(26)17(12-21(18)32)15-6-9-27-23(33)10-15/h4-6,9-12,16,30,32H,7-8,13-14H2,1-3H3,(H,27,33)/t16?,24-,25+. The minimum absolute atomic E-state index is 0.127. The van der Waals surface area contributed by atoms with Crippen molar-refractivity contribution in [2.75, 3.05) is 11.9 Å². The number of piperidine rings is 1. The molecule has 1 unspecified atom stereocenters. The maximum absolute atomic E-state index is 14.8. The van der Waals surface area contributed by atoms with Gasteiger partial charge < -0.3 is 20.3 Å². The van der Waals surface area contributed by atoms with Gasteiger partial charge in [-0.1, -0.05) is 0 Å². The van der Waals surface area contributed by atoms with Gasteiger partial charge in [0.15, 0.2) is 5.82 Å². The Labute approximate surface area is 191 Å². The summed E-state index contributed by atoms with van der Waals surface area (Å²) >= 11 is 0. The van der Waals surface area contributed by atoms with E-state index in [1.807, 2.05) is 13.1 Å². The van der Waals surface area contributed by atoms with Crippen molar-refractivity contribution < 1.29 is 9.50 Å². The summed E-state index contributed by atoms with van der Waals surface area (Å²) in [5.41, 5.74) is 1.12. The summed E-state index contributed by atoms with van der Waals surface area (Å²) in [6.07, 6.45) is 5.88. The number of phenolic OH excluding ortho intramolecular Hbond substituents is 1. The monoisotopic (exact) mass is 449 g/mol. The van der Waals surface area contributed by atoms with Gasteiger partial charge in [-0.05, 0) is 75.4 Å². The molecular weight excluding hydrogens is 421 g/mol. The fourth-order valence-electron chi connectivity index (χ4n) is 5.54. The first-order valence-electron chi connectivity index (χ1n) is 11.2. The highest BCUT2D eigenvalue weighted by Gasteiger charge is 2.49. The minimum Gasteiger partial charge on any atom is -0.507 e. The van der Waals surface area contributed by atoms with E-state index in [0.717, 1.165) is 18.7 Å². The molecule has 3 N–H and O–H groups in total. The van der Waals surface area contributed by atoms with Gasteiger partial charge in [-0.3, -0.25) is 4.79 Å². The van der Waals surface area contributed by atoms with Crippen LogP contribution in [0.15, 0.2) is 47.4 Å². The number of nitrogens with one attached hydrogen (secondary N) is 2. The Hall–Kier alpha value is -3.26. The molecular formula is C25H28FN5O2. The molecule has 0 radical (unpaired) electrons. The van der Waals surface area contributed by atoms with Crippen molar-refractivity contribution in [1.82, 2.24) is 20.5 Å². The molecule has 3 atom stereocenters. The Morgan fingerprint density at radius 2 is 1.79 bits per heavy atom. The third-order valence-electron chi connectivity index (χ3n) is 7.21. The number of phenols is 1. The highest BCUT2D eigenvalue weighted by Crippen LogP contribution is 2.44. The first-order valence-corrected chi connectivity index (χ1v) is 11.2. The zero-order valence-corrected chi connectivity index (χ0v) is 19.0. The van der Waals surface area contributed by atoms with Crippen LogP contribution < -0.4 is 15.8 Å². The molecule has 2 bridgehead atoms. The van der Waals surface area contributed by atoms with Crippen LogP contribution in [0.25, 0.3) is 22.4 Å². The van der Waals surface area contributed by atoms with Crippen LogP contribution in [0, 0.1) is 5.82 Å². The zero-order chi connectivity index (χ0) is 23.4. The van der Waals surface area contributed by atoms with Crippen LogP contribution in [-0.2, 0) is 0 Å². The van der Waals surface area contributed by atoms with E-state index in [2.05, 4.69) is 39.2 Å². The second kappa shape index (κ2) is 7.66. The molecule has 2 fully saturated rings. The number of pyridine rings is 1. The highest BCUT2D eigenvalue weighted by molar-refractivity contribution is 5.74. The van der Waals surface area contributed by atoms with E-state index in [1.165, 1.54) is 37.2 Å². The molecule has 2 aliphatic heterocycles. The topological polar surface area (TPSA) is 94.1 Å². The predicted octanol–water partition coefficient (Wildman–Crippen LogP) is 3.84. The van der Waals surface area contributed by atoms with Crippen LogP contribution in [0.3, 0.4) is 0 Å². The fourth-order valence-corrected chi connectivity index (χ4v) is 5.54. The number of rotatable bonds is 4. The second-order valence-electron chi connectivity index (χ2n) is 9.99. The Morgan fingerprint density at radius 1 is 1.06 bits per heavy atom. The van der Waals surface area contributed by atoms with E-state index < -0.39 is 5.82 Å². The van der Waals surface area contributed by atoms with Gasteiger partial charge in [-0.15, -0.1) is 10.2 Å². The van der Waals surface area contributed by atoms with Crippen LogP contribution in [0.1, 0.15) is 39.5 Å². The van der Waals surface area contributed by atoms with Crippen molar-refractivity contribution in [2.45, 2.75) is 56.7 Å². The Balaban J connectivity index is 1.40. The molecule has 0 amide bonds. The molecule has 33 heavy (non-hydrogen) atoms. The maximum Gasteiger partial charge on any atom is 0.248 e. The van der Waals surface area contributed by atoms with Gasteiger partial charge in [0, 0.05) is 47.6 Å². The van der Waals surface area contributed by atoms with Gasteiger partial charge in [-0.25, -0.2) is 4.39 Å². The number of nitrogens with zero attached hydrogens (tertiary/aromatic N) is 3. The number of H-pyrrole nitrogens is 1.